The molecule has 110 valence electrons. The second kappa shape index (κ2) is 7.99. The van der Waals surface area contributed by atoms with Gasteiger partial charge in [0.2, 0.25) is 0 Å². The molecule has 1 fully saturated rings. The van der Waals surface area contributed by atoms with Crippen LogP contribution in [0.4, 0.5) is 4.79 Å². The topological polar surface area (TPSA) is 78.9 Å². The zero-order chi connectivity index (χ0) is 14.3. The Bertz CT molecular complexity index is 301. The monoisotopic (exact) mass is 272 g/mol. The van der Waals surface area contributed by atoms with Gasteiger partial charge in [-0.25, -0.2) is 9.59 Å². The Morgan fingerprint density at radius 2 is 2.05 bits per heavy atom. The van der Waals surface area contributed by atoms with Gasteiger partial charge in [-0.15, -0.1) is 0 Å². The Morgan fingerprint density at radius 3 is 2.53 bits per heavy atom. The van der Waals surface area contributed by atoms with Crippen LogP contribution in [0.15, 0.2) is 0 Å². The number of urea groups is 1. The molecule has 1 aliphatic rings. The smallest absolute Gasteiger partial charge is 0.326 e. The molecule has 0 spiro atoms. The summed E-state index contributed by atoms with van der Waals surface area (Å²) in [6.45, 7) is 3.96. The molecular formula is C13H24N2O4. The van der Waals surface area contributed by atoms with Crippen LogP contribution in [-0.2, 0) is 9.53 Å². The Morgan fingerprint density at radius 1 is 1.42 bits per heavy atom. The maximum absolute atomic E-state index is 12.0. The number of amides is 2. The van der Waals surface area contributed by atoms with Gasteiger partial charge in [0.05, 0.1) is 0 Å². The summed E-state index contributed by atoms with van der Waals surface area (Å²) in [7, 11) is 1.68. The van der Waals surface area contributed by atoms with Gasteiger partial charge in [0.25, 0.3) is 0 Å². The summed E-state index contributed by atoms with van der Waals surface area (Å²) < 4.78 is 5.11. The SMILES string of the molecule is CCC[C@@H](NC(=O)N1CCC(COC)CC1)C(=O)O. The van der Waals surface area contributed by atoms with Crippen molar-refractivity contribution in [2.24, 2.45) is 5.92 Å². The number of nitrogens with one attached hydrogen (secondary N) is 1. The van der Waals surface area contributed by atoms with E-state index in [0.29, 0.717) is 25.4 Å². The molecule has 0 bridgehead atoms. The molecule has 1 saturated heterocycles. The third kappa shape index (κ3) is 5.06. The fourth-order valence-corrected chi connectivity index (χ4v) is 2.32. The number of hydrogen-bond acceptors (Lipinski definition) is 3. The summed E-state index contributed by atoms with van der Waals surface area (Å²) >= 11 is 0. The van der Waals surface area contributed by atoms with Gasteiger partial charge in [-0.3, -0.25) is 0 Å². The lowest BCUT2D eigenvalue weighted by Crippen LogP contribution is -2.50. The van der Waals surface area contributed by atoms with Crippen molar-refractivity contribution in [2.75, 3.05) is 26.8 Å². The van der Waals surface area contributed by atoms with Gasteiger partial charge in [0.15, 0.2) is 0 Å². The number of hydrogen-bond donors (Lipinski definition) is 2. The molecule has 0 aromatic rings. The quantitative estimate of drug-likeness (QED) is 0.764. The maximum Gasteiger partial charge on any atom is 0.326 e. The van der Waals surface area contributed by atoms with E-state index in [9.17, 15) is 9.59 Å². The molecule has 1 aliphatic heterocycles. The summed E-state index contributed by atoms with van der Waals surface area (Å²) in [4.78, 5) is 24.7. The van der Waals surface area contributed by atoms with Crippen LogP contribution in [0.5, 0.6) is 0 Å². The van der Waals surface area contributed by atoms with Gasteiger partial charge in [-0.1, -0.05) is 13.3 Å². The maximum atomic E-state index is 12.0. The average molecular weight is 272 g/mol. The highest BCUT2D eigenvalue weighted by Gasteiger charge is 2.26. The minimum Gasteiger partial charge on any atom is -0.480 e. The predicted molar refractivity (Wildman–Crippen MR) is 71.0 cm³/mol. The van der Waals surface area contributed by atoms with E-state index in [2.05, 4.69) is 5.32 Å². The molecule has 1 rings (SSSR count). The first-order valence-corrected chi connectivity index (χ1v) is 6.85. The summed E-state index contributed by atoms with van der Waals surface area (Å²) in [5.74, 6) is -0.468. The first-order chi connectivity index (χ1) is 9.08. The highest BCUT2D eigenvalue weighted by Crippen LogP contribution is 2.17. The van der Waals surface area contributed by atoms with E-state index in [1.54, 1.807) is 12.0 Å². The van der Waals surface area contributed by atoms with Gasteiger partial charge >= 0.3 is 12.0 Å². The molecule has 2 N–H and O–H groups in total. The number of carbonyl (C=O) groups excluding carboxylic acids is 1. The van der Waals surface area contributed by atoms with Gasteiger partial charge < -0.3 is 20.1 Å². The number of carboxylic acid groups (broad SMARTS) is 1. The molecule has 0 aromatic carbocycles. The zero-order valence-corrected chi connectivity index (χ0v) is 11.7. The summed E-state index contributed by atoms with van der Waals surface area (Å²) in [5.41, 5.74) is 0. The van der Waals surface area contributed by atoms with Gasteiger partial charge in [0.1, 0.15) is 6.04 Å². The summed E-state index contributed by atoms with van der Waals surface area (Å²) in [6.07, 6.45) is 3.01. The van der Waals surface area contributed by atoms with Crippen molar-refractivity contribution in [2.45, 2.75) is 38.6 Å². The van der Waals surface area contributed by atoms with E-state index in [4.69, 9.17) is 9.84 Å². The third-order valence-electron chi connectivity index (χ3n) is 3.48. The lowest BCUT2D eigenvalue weighted by molar-refractivity contribution is -0.139. The summed E-state index contributed by atoms with van der Waals surface area (Å²) in [5, 5.41) is 11.6. The number of ether oxygens (including phenoxy) is 1. The largest absolute Gasteiger partial charge is 0.480 e. The van der Waals surface area contributed by atoms with Crippen molar-refractivity contribution < 1.29 is 19.4 Å². The van der Waals surface area contributed by atoms with Crippen molar-refractivity contribution in [3.05, 3.63) is 0 Å². The molecule has 1 atom stereocenters. The van der Waals surface area contributed by atoms with Crippen LogP contribution >= 0.6 is 0 Å². The van der Waals surface area contributed by atoms with E-state index >= 15 is 0 Å². The first kappa shape index (κ1) is 15.8. The summed E-state index contributed by atoms with van der Waals surface area (Å²) in [6, 6.07) is -1.05. The molecule has 0 saturated carbocycles. The first-order valence-electron chi connectivity index (χ1n) is 6.85. The second-order valence-corrected chi connectivity index (χ2v) is 5.01. The van der Waals surface area contributed by atoms with E-state index < -0.39 is 12.0 Å². The van der Waals surface area contributed by atoms with E-state index in [1.807, 2.05) is 6.92 Å². The second-order valence-electron chi connectivity index (χ2n) is 5.01. The lowest BCUT2D eigenvalue weighted by atomic mass is 9.98. The molecule has 0 unspecified atom stereocenters. The highest BCUT2D eigenvalue weighted by molar-refractivity contribution is 5.82. The van der Waals surface area contributed by atoms with Gasteiger partial charge in [-0.05, 0) is 25.2 Å². The zero-order valence-electron chi connectivity index (χ0n) is 11.7. The third-order valence-corrected chi connectivity index (χ3v) is 3.48. The molecule has 2 amide bonds. The lowest BCUT2D eigenvalue weighted by Gasteiger charge is -2.32. The Labute approximate surface area is 114 Å². The van der Waals surface area contributed by atoms with Crippen LogP contribution in [0.25, 0.3) is 0 Å². The minimum absolute atomic E-state index is 0.267. The van der Waals surface area contributed by atoms with E-state index in [0.717, 1.165) is 25.9 Å². The van der Waals surface area contributed by atoms with Crippen LogP contribution < -0.4 is 5.32 Å². The molecule has 6 nitrogen and oxygen atoms in total. The Balaban J connectivity index is 2.39. The Kier molecular flexibility index (Phi) is 6.62. The van der Waals surface area contributed by atoms with Crippen LogP contribution in [0.1, 0.15) is 32.6 Å². The van der Waals surface area contributed by atoms with Crippen LogP contribution in [0.2, 0.25) is 0 Å². The predicted octanol–water partition coefficient (Wildman–Crippen LogP) is 1.31. The fourth-order valence-electron chi connectivity index (χ4n) is 2.32. The number of carbonyl (C=O) groups is 2. The molecule has 6 heteroatoms. The van der Waals surface area contributed by atoms with Crippen molar-refractivity contribution in [3.63, 3.8) is 0 Å². The highest BCUT2D eigenvalue weighted by atomic mass is 16.5. The molecule has 0 radical (unpaired) electrons. The molecule has 0 aromatic heterocycles. The fraction of sp³-hybridized carbons (Fsp3) is 0.846. The number of piperidine rings is 1. The molecule has 0 aliphatic carbocycles. The normalized spacial score (nSPS) is 18.1. The van der Waals surface area contributed by atoms with Crippen LogP contribution in [0, 0.1) is 5.92 Å². The number of rotatable bonds is 6. The number of carboxylic acids is 1. The van der Waals surface area contributed by atoms with Crippen LogP contribution in [0.3, 0.4) is 0 Å². The minimum atomic E-state index is -0.968. The molecular weight excluding hydrogens is 248 g/mol. The van der Waals surface area contributed by atoms with E-state index in [-0.39, 0.29) is 6.03 Å². The number of nitrogens with zero attached hydrogens (tertiary/aromatic N) is 1. The average Bonchev–Trinajstić information content (AvgIpc) is 2.39. The van der Waals surface area contributed by atoms with Gasteiger partial charge in [-0.2, -0.15) is 0 Å². The van der Waals surface area contributed by atoms with Crippen molar-refractivity contribution in [1.29, 1.82) is 0 Å². The van der Waals surface area contributed by atoms with Crippen molar-refractivity contribution in [3.8, 4) is 0 Å². The van der Waals surface area contributed by atoms with Gasteiger partial charge in [0, 0.05) is 26.8 Å². The molecule has 1 heterocycles. The standard InChI is InChI=1S/C13H24N2O4/c1-3-4-11(12(16)17)14-13(18)15-7-5-10(6-8-15)9-19-2/h10-11H,3-9H2,1-2H3,(H,14,18)(H,16,17)/t11-/m1/s1. The number of methoxy groups -OCH3 is 1. The van der Waals surface area contributed by atoms with Crippen LogP contribution in [-0.4, -0.2) is 54.9 Å². The Hall–Kier alpha value is -1.30. The van der Waals surface area contributed by atoms with E-state index in [1.165, 1.54) is 0 Å². The van der Waals surface area contributed by atoms with Crippen molar-refractivity contribution >= 4 is 12.0 Å². The number of aliphatic carboxylic acids is 1. The van der Waals surface area contributed by atoms with Crippen molar-refractivity contribution in [1.82, 2.24) is 10.2 Å². The number of likely N-dealkylation sites (tertiary alicyclic amines) is 1. The molecule has 19 heavy (non-hydrogen) atoms.